The van der Waals surface area contributed by atoms with Gasteiger partial charge in [0.05, 0.1) is 0 Å². The van der Waals surface area contributed by atoms with Gasteiger partial charge in [-0.2, -0.15) is 0 Å². The van der Waals surface area contributed by atoms with Crippen LogP contribution < -0.4 is 5.32 Å². The summed E-state index contributed by atoms with van der Waals surface area (Å²) in [5, 5.41) is 3.54. The molecule has 0 saturated heterocycles. The molecular formula is C11H12ClNO. The molecule has 14 heavy (non-hydrogen) atoms. The maximum atomic E-state index is 11.3. The lowest BCUT2D eigenvalue weighted by molar-refractivity contribution is -0.116. The number of amides is 1. The number of hydrogen-bond donors (Lipinski definition) is 1. The highest BCUT2D eigenvalue weighted by molar-refractivity contribution is 6.31. The quantitative estimate of drug-likeness (QED) is 0.699. The van der Waals surface area contributed by atoms with E-state index < -0.39 is 0 Å². The molecule has 1 atom stereocenters. The Hall–Kier alpha value is -1.02. The second kappa shape index (κ2) is 3.62. The van der Waals surface area contributed by atoms with Gasteiger partial charge in [0.1, 0.15) is 0 Å². The average Bonchev–Trinajstić information content (AvgIpc) is 2.26. The summed E-state index contributed by atoms with van der Waals surface area (Å²) in [6.45, 7) is 2.13. The van der Waals surface area contributed by atoms with E-state index in [1.807, 2.05) is 18.2 Å². The Kier molecular flexibility index (Phi) is 2.46. The number of anilines is 1. The van der Waals surface area contributed by atoms with Crippen molar-refractivity contribution in [3.05, 3.63) is 28.8 Å². The monoisotopic (exact) mass is 209 g/mol. The van der Waals surface area contributed by atoms with Crippen LogP contribution in [0.1, 0.15) is 31.2 Å². The minimum atomic E-state index is 0.0814. The van der Waals surface area contributed by atoms with Gasteiger partial charge in [-0.25, -0.2) is 0 Å². The zero-order chi connectivity index (χ0) is 10.1. The molecule has 0 bridgehead atoms. The average molecular weight is 210 g/mol. The van der Waals surface area contributed by atoms with Crippen LogP contribution >= 0.6 is 11.6 Å². The molecule has 74 valence electrons. The van der Waals surface area contributed by atoms with Crippen LogP contribution in [0.25, 0.3) is 0 Å². The van der Waals surface area contributed by atoms with Crippen LogP contribution in [-0.2, 0) is 4.79 Å². The Bertz CT molecular complexity index is 376. The summed E-state index contributed by atoms with van der Waals surface area (Å²) >= 11 is 5.87. The van der Waals surface area contributed by atoms with Crippen molar-refractivity contribution < 1.29 is 4.79 Å². The topological polar surface area (TPSA) is 29.1 Å². The first-order chi connectivity index (χ1) is 6.66. The maximum Gasteiger partial charge on any atom is 0.224 e. The number of fused-ring (bicyclic) bond motifs is 1. The third-order valence-electron chi connectivity index (χ3n) is 2.62. The molecule has 1 heterocycles. The molecule has 1 amide bonds. The molecule has 0 saturated carbocycles. The molecule has 2 rings (SSSR count). The Morgan fingerprint density at radius 3 is 3.07 bits per heavy atom. The predicted octanol–water partition coefficient (Wildman–Crippen LogP) is 3.18. The van der Waals surface area contributed by atoms with Crippen molar-refractivity contribution in [3.8, 4) is 0 Å². The van der Waals surface area contributed by atoms with Gasteiger partial charge in [-0.1, -0.05) is 24.6 Å². The minimum Gasteiger partial charge on any atom is -0.326 e. The van der Waals surface area contributed by atoms with Crippen LogP contribution in [0.4, 0.5) is 5.69 Å². The maximum absolute atomic E-state index is 11.3. The lowest BCUT2D eigenvalue weighted by Gasteiger charge is -2.11. The zero-order valence-electron chi connectivity index (χ0n) is 8.01. The van der Waals surface area contributed by atoms with E-state index in [0.717, 1.165) is 12.1 Å². The van der Waals surface area contributed by atoms with Gasteiger partial charge in [0, 0.05) is 17.1 Å². The van der Waals surface area contributed by atoms with Crippen LogP contribution in [0.2, 0.25) is 5.02 Å². The molecule has 0 radical (unpaired) electrons. The van der Waals surface area contributed by atoms with E-state index in [9.17, 15) is 4.79 Å². The molecule has 1 aliphatic heterocycles. The third-order valence-corrected chi connectivity index (χ3v) is 2.86. The molecule has 1 unspecified atom stereocenters. The SMILES string of the molecule is CC1CCC(=O)Nc2cc(Cl)ccc21. The van der Waals surface area contributed by atoms with Gasteiger partial charge in [0.15, 0.2) is 0 Å². The molecule has 0 fully saturated rings. The van der Waals surface area contributed by atoms with Gasteiger partial charge in [-0.05, 0) is 30.0 Å². The van der Waals surface area contributed by atoms with E-state index in [0.29, 0.717) is 17.4 Å². The molecule has 1 aliphatic rings. The van der Waals surface area contributed by atoms with Crippen LogP contribution in [0.5, 0.6) is 0 Å². The molecule has 2 nitrogen and oxygen atoms in total. The Morgan fingerprint density at radius 1 is 1.50 bits per heavy atom. The number of nitrogens with one attached hydrogen (secondary N) is 1. The smallest absolute Gasteiger partial charge is 0.224 e. The summed E-state index contributed by atoms with van der Waals surface area (Å²) in [4.78, 5) is 11.3. The van der Waals surface area contributed by atoms with Crippen molar-refractivity contribution >= 4 is 23.2 Å². The fraction of sp³-hybridized carbons (Fsp3) is 0.364. The van der Waals surface area contributed by atoms with E-state index in [1.165, 1.54) is 5.56 Å². The second-order valence-electron chi connectivity index (χ2n) is 3.72. The molecule has 3 heteroatoms. The molecule has 0 aromatic heterocycles. The van der Waals surface area contributed by atoms with Crippen LogP contribution in [0.3, 0.4) is 0 Å². The van der Waals surface area contributed by atoms with E-state index in [2.05, 4.69) is 12.2 Å². The number of hydrogen-bond acceptors (Lipinski definition) is 1. The third kappa shape index (κ3) is 1.75. The van der Waals surface area contributed by atoms with Gasteiger partial charge < -0.3 is 5.32 Å². The Balaban J connectivity index is 2.46. The van der Waals surface area contributed by atoms with Crippen molar-refractivity contribution in [1.82, 2.24) is 0 Å². The first-order valence-corrected chi connectivity index (χ1v) is 5.14. The molecular weight excluding hydrogens is 198 g/mol. The van der Waals surface area contributed by atoms with Crippen molar-refractivity contribution in [2.75, 3.05) is 5.32 Å². The predicted molar refractivity (Wildman–Crippen MR) is 57.7 cm³/mol. The van der Waals surface area contributed by atoms with Crippen LogP contribution in [0, 0.1) is 0 Å². The van der Waals surface area contributed by atoms with Gasteiger partial charge in [0.25, 0.3) is 0 Å². The summed E-state index contributed by atoms with van der Waals surface area (Å²) in [6.07, 6.45) is 1.49. The van der Waals surface area contributed by atoms with E-state index in [1.54, 1.807) is 0 Å². The minimum absolute atomic E-state index is 0.0814. The number of carbonyl (C=O) groups excluding carboxylic acids is 1. The Labute approximate surface area is 88.3 Å². The first kappa shape index (κ1) is 9.53. The highest BCUT2D eigenvalue weighted by Gasteiger charge is 2.18. The molecule has 1 N–H and O–H groups in total. The summed E-state index contributed by atoms with van der Waals surface area (Å²) in [7, 11) is 0. The highest BCUT2D eigenvalue weighted by atomic mass is 35.5. The number of benzene rings is 1. The van der Waals surface area contributed by atoms with Crippen molar-refractivity contribution in [2.24, 2.45) is 0 Å². The standard InChI is InChI=1S/C11H12ClNO/c1-7-2-5-11(14)13-10-6-8(12)3-4-9(7)10/h3-4,6-7H,2,5H2,1H3,(H,13,14). The lowest BCUT2D eigenvalue weighted by atomic mass is 9.96. The molecule has 0 aliphatic carbocycles. The van der Waals surface area contributed by atoms with E-state index in [-0.39, 0.29) is 5.91 Å². The normalized spacial score (nSPS) is 21.0. The largest absolute Gasteiger partial charge is 0.326 e. The number of carbonyl (C=O) groups is 1. The van der Waals surface area contributed by atoms with Crippen molar-refractivity contribution in [1.29, 1.82) is 0 Å². The van der Waals surface area contributed by atoms with Crippen LogP contribution in [0.15, 0.2) is 18.2 Å². The zero-order valence-corrected chi connectivity index (χ0v) is 8.77. The van der Waals surface area contributed by atoms with Gasteiger partial charge in [-0.15, -0.1) is 0 Å². The highest BCUT2D eigenvalue weighted by Crippen LogP contribution is 2.32. The fourth-order valence-electron chi connectivity index (χ4n) is 1.78. The van der Waals surface area contributed by atoms with Crippen LogP contribution in [-0.4, -0.2) is 5.91 Å². The summed E-state index contributed by atoms with van der Waals surface area (Å²) in [5.41, 5.74) is 2.05. The van der Waals surface area contributed by atoms with Gasteiger partial charge in [-0.3, -0.25) is 4.79 Å². The Morgan fingerprint density at radius 2 is 2.29 bits per heavy atom. The molecule has 1 aromatic rings. The number of rotatable bonds is 0. The summed E-state index contributed by atoms with van der Waals surface area (Å²) in [5.74, 6) is 0.499. The summed E-state index contributed by atoms with van der Waals surface area (Å²) < 4.78 is 0. The summed E-state index contributed by atoms with van der Waals surface area (Å²) in [6, 6.07) is 5.68. The number of halogens is 1. The van der Waals surface area contributed by atoms with Crippen molar-refractivity contribution in [2.45, 2.75) is 25.7 Å². The molecule has 1 aromatic carbocycles. The fourth-order valence-corrected chi connectivity index (χ4v) is 1.95. The first-order valence-electron chi connectivity index (χ1n) is 4.76. The van der Waals surface area contributed by atoms with Gasteiger partial charge >= 0.3 is 0 Å². The van der Waals surface area contributed by atoms with Crippen molar-refractivity contribution in [3.63, 3.8) is 0 Å². The molecule has 0 spiro atoms. The van der Waals surface area contributed by atoms with Gasteiger partial charge in [0.2, 0.25) is 5.91 Å². The lowest BCUT2D eigenvalue weighted by Crippen LogP contribution is -2.08. The van der Waals surface area contributed by atoms with E-state index in [4.69, 9.17) is 11.6 Å². The van der Waals surface area contributed by atoms with E-state index >= 15 is 0 Å². The second-order valence-corrected chi connectivity index (χ2v) is 4.16.